The zero-order chi connectivity index (χ0) is 18.7. The van der Waals surface area contributed by atoms with Gasteiger partial charge in [0.1, 0.15) is 11.9 Å². The van der Waals surface area contributed by atoms with Crippen LogP contribution in [-0.4, -0.2) is 35.5 Å². The second-order valence-electron chi connectivity index (χ2n) is 7.71. The molecule has 0 radical (unpaired) electrons. The maximum absolute atomic E-state index is 12.7. The Morgan fingerprint density at radius 1 is 1.00 bits per heavy atom. The first-order valence-corrected chi connectivity index (χ1v) is 8.95. The Bertz CT molecular complexity index is 752. The van der Waals surface area contributed by atoms with Crippen LogP contribution in [0.2, 0.25) is 0 Å². The van der Waals surface area contributed by atoms with Gasteiger partial charge in [-0.2, -0.15) is 0 Å². The van der Waals surface area contributed by atoms with Crippen molar-refractivity contribution >= 4 is 12.4 Å². The Morgan fingerprint density at radius 3 is 2.04 bits per heavy atom. The fraction of sp³-hybridized carbons (Fsp3) is 0.364. The molecule has 1 amide bonds. The summed E-state index contributed by atoms with van der Waals surface area (Å²) in [4.78, 5) is 26.3. The molecule has 3 rings (SSSR count). The van der Waals surface area contributed by atoms with Crippen molar-refractivity contribution in [3.05, 3.63) is 71.8 Å². The summed E-state index contributed by atoms with van der Waals surface area (Å²) in [6, 6.07) is 19.5. The minimum Gasteiger partial charge on any atom is -0.444 e. The monoisotopic (exact) mass is 351 g/mol. The first-order chi connectivity index (χ1) is 12.4. The van der Waals surface area contributed by atoms with Gasteiger partial charge < -0.3 is 9.53 Å². The lowest BCUT2D eigenvalue weighted by Gasteiger charge is -2.27. The highest BCUT2D eigenvalue weighted by Gasteiger charge is 2.46. The van der Waals surface area contributed by atoms with Crippen LogP contribution in [0.15, 0.2) is 60.7 Å². The minimum absolute atomic E-state index is 0.0429. The highest BCUT2D eigenvalue weighted by atomic mass is 16.6. The molecule has 0 saturated carbocycles. The van der Waals surface area contributed by atoms with Gasteiger partial charge in [-0.15, -0.1) is 0 Å². The van der Waals surface area contributed by atoms with E-state index in [1.54, 1.807) is 4.90 Å². The van der Waals surface area contributed by atoms with Gasteiger partial charge in [0.25, 0.3) is 0 Å². The summed E-state index contributed by atoms with van der Waals surface area (Å²) in [5.41, 5.74) is 1.58. The van der Waals surface area contributed by atoms with E-state index < -0.39 is 17.7 Å². The Balaban J connectivity index is 2.00. The van der Waals surface area contributed by atoms with E-state index in [1.165, 1.54) is 0 Å². The van der Waals surface area contributed by atoms with Gasteiger partial charge in [0.2, 0.25) is 0 Å². The first kappa shape index (κ1) is 18.2. The third-order valence-electron chi connectivity index (χ3n) is 4.73. The number of likely N-dealkylation sites (tertiary alicyclic amines) is 1. The molecule has 4 heteroatoms. The maximum atomic E-state index is 12.7. The molecule has 1 heterocycles. The van der Waals surface area contributed by atoms with Gasteiger partial charge in [0, 0.05) is 18.4 Å². The number of nitrogens with zero attached hydrogens (tertiary/aromatic N) is 1. The van der Waals surface area contributed by atoms with Crippen LogP contribution < -0.4 is 0 Å². The molecule has 1 aliphatic rings. The molecule has 2 aromatic carbocycles. The lowest BCUT2D eigenvalue weighted by Crippen LogP contribution is -2.41. The Morgan fingerprint density at radius 2 is 1.54 bits per heavy atom. The number of ether oxygens (including phenoxy) is 1. The van der Waals surface area contributed by atoms with Crippen molar-refractivity contribution in [2.75, 3.05) is 6.54 Å². The van der Waals surface area contributed by atoms with E-state index in [2.05, 4.69) is 12.1 Å². The Labute approximate surface area is 154 Å². The summed E-state index contributed by atoms with van der Waals surface area (Å²) in [6.45, 7) is 5.96. The molecule has 0 bridgehead atoms. The summed E-state index contributed by atoms with van der Waals surface area (Å²) < 4.78 is 5.55. The second kappa shape index (κ2) is 7.32. The maximum Gasteiger partial charge on any atom is 0.410 e. The van der Waals surface area contributed by atoms with Crippen LogP contribution in [0.25, 0.3) is 0 Å². The molecule has 0 aromatic heterocycles. The predicted molar refractivity (Wildman–Crippen MR) is 101 cm³/mol. The van der Waals surface area contributed by atoms with Gasteiger partial charge in [-0.1, -0.05) is 60.7 Å². The van der Waals surface area contributed by atoms with Gasteiger partial charge in [-0.05, 0) is 31.9 Å². The predicted octanol–water partition coefficient (Wildman–Crippen LogP) is 4.37. The number of aldehydes is 1. The van der Waals surface area contributed by atoms with Gasteiger partial charge in [0.15, 0.2) is 0 Å². The summed E-state index contributed by atoms with van der Waals surface area (Å²) in [7, 11) is 0. The molecule has 4 nitrogen and oxygen atoms in total. The average molecular weight is 351 g/mol. The fourth-order valence-electron chi connectivity index (χ4n) is 3.67. The minimum atomic E-state index is -0.600. The van der Waals surface area contributed by atoms with E-state index >= 15 is 0 Å². The van der Waals surface area contributed by atoms with E-state index in [0.29, 0.717) is 6.54 Å². The van der Waals surface area contributed by atoms with Crippen molar-refractivity contribution in [1.29, 1.82) is 0 Å². The van der Waals surface area contributed by atoms with Crippen molar-refractivity contribution in [2.24, 2.45) is 0 Å². The van der Waals surface area contributed by atoms with Crippen molar-refractivity contribution < 1.29 is 14.3 Å². The molecule has 136 valence electrons. The highest BCUT2D eigenvalue weighted by molar-refractivity contribution is 5.76. The lowest BCUT2D eigenvalue weighted by atomic mass is 9.81. The van der Waals surface area contributed by atoms with Crippen LogP contribution in [-0.2, 0) is 9.53 Å². The molecule has 0 N–H and O–H groups in total. The molecule has 2 aromatic rings. The smallest absolute Gasteiger partial charge is 0.410 e. The summed E-state index contributed by atoms with van der Waals surface area (Å²) >= 11 is 0. The van der Waals surface area contributed by atoms with Crippen LogP contribution in [0.3, 0.4) is 0 Å². The molecule has 1 fully saturated rings. The molecule has 0 aliphatic carbocycles. The van der Waals surface area contributed by atoms with Crippen LogP contribution in [0.5, 0.6) is 0 Å². The van der Waals surface area contributed by atoms with Gasteiger partial charge in [-0.3, -0.25) is 4.90 Å². The second-order valence-corrected chi connectivity index (χ2v) is 7.71. The Kier molecular flexibility index (Phi) is 5.12. The standard InChI is InChI=1S/C22H25NO3/c1-22(2,3)26-21(25)23-14-18(16-10-6-4-7-11-16)20(19(23)15-24)17-12-8-5-9-13-17/h4-13,15,18-20H,14H2,1-3H3/t18-,19+,20-/m0/s1. The number of rotatable bonds is 3. The quantitative estimate of drug-likeness (QED) is 0.771. The number of benzene rings is 2. The third kappa shape index (κ3) is 3.79. The van der Waals surface area contributed by atoms with Crippen LogP contribution in [0.4, 0.5) is 4.79 Å². The van der Waals surface area contributed by atoms with E-state index in [-0.39, 0.29) is 11.8 Å². The van der Waals surface area contributed by atoms with Crippen LogP contribution in [0, 0.1) is 0 Å². The number of carbonyl (C=O) groups is 2. The molecule has 1 saturated heterocycles. The molecular weight excluding hydrogens is 326 g/mol. The van der Waals surface area contributed by atoms with Crippen molar-refractivity contribution in [3.63, 3.8) is 0 Å². The van der Waals surface area contributed by atoms with Gasteiger partial charge in [0.05, 0.1) is 6.04 Å². The van der Waals surface area contributed by atoms with E-state index in [1.807, 2.05) is 69.3 Å². The third-order valence-corrected chi connectivity index (χ3v) is 4.73. The fourth-order valence-corrected chi connectivity index (χ4v) is 3.67. The van der Waals surface area contributed by atoms with Crippen molar-refractivity contribution in [2.45, 2.75) is 44.2 Å². The normalized spacial score (nSPS) is 22.9. The van der Waals surface area contributed by atoms with Crippen LogP contribution in [0.1, 0.15) is 43.7 Å². The lowest BCUT2D eigenvalue weighted by molar-refractivity contribution is -0.112. The first-order valence-electron chi connectivity index (χ1n) is 8.95. The molecule has 0 unspecified atom stereocenters. The zero-order valence-electron chi connectivity index (χ0n) is 15.5. The zero-order valence-corrected chi connectivity index (χ0v) is 15.5. The Hall–Kier alpha value is -2.62. The average Bonchev–Trinajstić information content (AvgIpc) is 3.01. The van der Waals surface area contributed by atoms with Crippen molar-refractivity contribution in [1.82, 2.24) is 4.90 Å². The summed E-state index contributed by atoms with van der Waals surface area (Å²) in [5, 5.41) is 0. The van der Waals surface area contributed by atoms with Gasteiger partial charge in [-0.25, -0.2) is 4.79 Å². The van der Waals surface area contributed by atoms with Crippen LogP contribution >= 0.6 is 0 Å². The molecule has 26 heavy (non-hydrogen) atoms. The van der Waals surface area contributed by atoms with Gasteiger partial charge >= 0.3 is 6.09 Å². The van der Waals surface area contributed by atoms with E-state index in [9.17, 15) is 9.59 Å². The molecular formula is C22H25NO3. The molecule has 3 atom stereocenters. The number of carbonyl (C=O) groups excluding carboxylic acids is 2. The largest absolute Gasteiger partial charge is 0.444 e. The summed E-state index contributed by atoms with van der Waals surface area (Å²) in [5.74, 6) is -0.0510. The number of hydrogen-bond acceptors (Lipinski definition) is 3. The van der Waals surface area contributed by atoms with E-state index in [0.717, 1.165) is 17.4 Å². The highest BCUT2D eigenvalue weighted by Crippen LogP contribution is 2.43. The van der Waals surface area contributed by atoms with E-state index in [4.69, 9.17) is 4.74 Å². The molecule has 1 aliphatic heterocycles. The number of hydrogen-bond donors (Lipinski definition) is 0. The molecule has 0 spiro atoms. The number of amides is 1. The SMILES string of the molecule is CC(C)(C)OC(=O)N1C[C@@H](c2ccccc2)[C@H](c2ccccc2)[C@H]1C=O. The topological polar surface area (TPSA) is 46.6 Å². The summed E-state index contributed by atoms with van der Waals surface area (Å²) in [6.07, 6.45) is 0.443. The van der Waals surface area contributed by atoms with Crippen molar-refractivity contribution in [3.8, 4) is 0 Å².